The van der Waals surface area contributed by atoms with Crippen molar-refractivity contribution >= 4 is 23.1 Å². The summed E-state index contributed by atoms with van der Waals surface area (Å²) in [6, 6.07) is 20.0. The van der Waals surface area contributed by atoms with E-state index < -0.39 is 34.4 Å². The number of rotatable bonds is 6. The molecule has 4 aromatic rings. The standard InChI is InChI=1S/C24H18F2N4O4/c25-16-11-15(12-17(26)13-16)14-27-22(31)20-21(28-24(33)30(34)23(20)32)29(18-7-3-1-4-8-18)19-9-5-2-6-10-19/h1-13,34H,14H2,(H,27,31)(H,28,33). The number of nitrogens with zero attached hydrogens (tertiary/aromatic N) is 2. The average molecular weight is 464 g/mol. The monoisotopic (exact) mass is 464 g/mol. The Labute approximate surface area is 191 Å². The maximum absolute atomic E-state index is 13.5. The fraction of sp³-hybridized carbons (Fsp3) is 0.0417. The Hall–Kier alpha value is -4.73. The average Bonchev–Trinajstić information content (AvgIpc) is 2.82. The molecule has 1 amide bonds. The summed E-state index contributed by atoms with van der Waals surface area (Å²) in [6.45, 7) is -0.312. The lowest BCUT2D eigenvalue weighted by Gasteiger charge is -2.26. The molecule has 0 saturated carbocycles. The summed E-state index contributed by atoms with van der Waals surface area (Å²) in [5.41, 5.74) is -1.85. The summed E-state index contributed by atoms with van der Waals surface area (Å²) in [6.07, 6.45) is 0. The van der Waals surface area contributed by atoms with E-state index in [1.807, 2.05) is 0 Å². The van der Waals surface area contributed by atoms with Gasteiger partial charge in [0, 0.05) is 24.0 Å². The van der Waals surface area contributed by atoms with Crippen molar-refractivity contribution in [2.45, 2.75) is 6.54 Å². The molecule has 1 aromatic heterocycles. The molecule has 0 bridgehead atoms. The van der Waals surface area contributed by atoms with Gasteiger partial charge in [0.15, 0.2) is 0 Å². The lowest BCUT2D eigenvalue weighted by Crippen LogP contribution is -2.41. The van der Waals surface area contributed by atoms with E-state index >= 15 is 0 Å². The summed E-state index contributed by atoms with van der Waals surface area (Å²) in [5.74, 6) is -2.82. The highest BCUT2D eigenvalue weighted by atomic mass is 19.1. The lowest BCUT2D eigenvalue weighted by molar-refractivity contribution is 0.0939. The van der Waals surface area contributed by atoms with Crippen molar-refractivity contribution in [3.63, 3.8) is 0 Å². The molecule has 0 spiro atoms. The fourth-order valence-corrected chi connectivity index (χ4v) is 3.43. The second-order valence-electron chi connectivity index (χ2n) is 7.24. The Balaban J connectivity index is 1.83. The quantitative estimate of drug-likeness (QED) is 0.379. The Morgan fingerprint density at radius 3 is 1.97 bits per heavy atom. The molecule has 0 unspecified atom stereocenters. The second kappa shape index (κ2) is 9.41. The highest BCUT2D eigenvalue weighted by molar-refractivity contribution is 6.00. The maximum atomic E-state index is 13.5. The van der Waals surface area contributed by atoms with E-state index in [2.05, 4.69) is 10.3 Å². The first-order valence-electron chi connectivity index (χ1n) is 10.1. The van der Waals surface area contributed by atoms with E-state index in [9.17, 15) is 28.4 Å². The summed E-state index contributed by atoms with van der Waals surface area (Å²) in [7, 11) is 0. The number of aromatic nitrogens is 2. The van der Waals surface area contributed by atoms with E-state index in [0.29, 0.717) is 17.4 Å². The Kier molecular flexibility index (Phi) is 6.22. The number of aromatic amines is 1. The van der Waals surface area contributed by atoms with Crippen LogP contribution in [0.1, 0.15) is 15.9 Å². The van der Waals surface area contributed by atoms with Gasteiger partial charge < -0.3 is 10.5 Å². The minimum absolute atomic E-state index is 0.115. The molecular formula is C24H18F2N4O4. The zero-order chi connectivity index (χ0) is 24.2. The van der Waals surface area contributed by atoms with Crippen molar-refractivity contribution < 1.29 is 18.8 Å². The second-order valence-corrected chi connectivity index (χ2v) is 7.24. The summed E-state index contributed by atoms with van der Waals surface area (Å²) < 4.78 is 26.8. The largest absolute Gasteiger partial charge is 0.421 e. The smallest absolute Gasteiger partial charge is 0.363 e. The van der Waals surface area contributed by atoms with Gasteiger partial charge in [-0.15, -0.1) is 0 Å². The van der Waals surface area contributed by atoms with Crippen LogP contribution in [0, 0.1) is 11.6 Å². The molecule has 0 atom stereocenters. The Morgan fingerprint density at radius 1 is 0.912 bits per heavy atom. The normalized spacial score (nSPS) is 10.6. The van der Waals surface area contributed by atoms with Gasteiger partial charge in [0.25, 0.3) is 5.91 Å². The zero-order valence-corrected chi connectivity index (χ0v) is 17.5. The van der Waals surface area contributed by atoms with E-state index in [-0.39, 0.29) is 22.7 Å². The number of hydrogen-bond donors (Lipinski definition) is 3. The third-order valence-electron chi connectivity index (χ3n) is 4.92. The first-order valence-corrected chi connectivity index (χ1v) is 10.1. The van der Waals surface area contributed by atoms with Crippen molar-refractivity contribution in [3.05, 3.63) is 122 Å². The van der Waals surface area contributed by atoms with Gasteiger partial charge in [-0.05, 0) is 42.0 Å². The molecule has 172 valence electrons. The number of para-hydroxylation sites is 2. The Morgan fingerprint density at radius 2 is 1.44 bits per heavy atom. The maximum Gasteiger partial charge on any atom is 0.363 e. The van der Waals surface area contributed by atoms with Crippen LogP contribution in [0.25, 0.3) is 0 Å². The number of carbonyl (C=O) groups is 1. The third-order valence-corrected chi connectivity index (χ3v) is 4.92. The number of carbonyl (C=O) groups excluding carboxylic acids is 1. The molecule has 1 heterocycles. The fourth-order valence-electron chi connectivity index (χ4n) is 3.43. The first kappa shape index (κ1) is 22.5. The lowest BCUT2D eigenvalue weighted by atomic mass is 10.1. The van der Waals surface area contributed by atoms with Crippen LogP contribution in [0.15, 0.2) is 88.5 Å². The number of H-pyrrole nitrogens is 1. The van der Waals surface area contributed by atoms with Crippen LogP contribution in [-0.4, -0.2) is 20.8 Å². The summed E-state index contributed by atoms with van der Waals surface area (Å²) in [5, 5.41) is 12.3. The molecule has 34 heavy (non-hydrogen) atoms. The van der Waals surface area contributed by atoms with Gasteiger partial charge in [-0.3, -0.25) is 19.5 Å². The van der Waals surface area contributed by atoms with Crippen molar-refractivity contribution in [2.75, 3.05) is 4.90 Å². The van der Waals surface area contributed by atoms with Crippen molar-refractivity contribution in [1.82, 2.24) is 15.0 Å². The molecule has 8 nitrogen and oxygen atoms in total. The van der Waals surface area contributed by atoms with E-state index in [4.69, 9.17) is 0 Å². The molecule has 0 aliphatic carbocycles. The molecule has 0 aliphatic rings. The van der Waals surface area contributed by atoms with E-state index in [0.717, 1.165) is 12.1 Å². The highest BCUT2D eigenvalue weighted by Gasteiger charge is 2.26. The molecule has 0 saturated heterocycles. The molecule has 3 N–H and O–H groups in total. The minimum Gasteiger partial charge on any atom is -0.421 e. The van der Waals surface area contributed by atoms with Crippen LogP contribution in [0.3, 0.4) is 0 Å². The molecule has 0 aliphatic heterocycles. The number of nitrogens with one attached hydrogen (secondary N) is 2. The summed E-state index contributed by atoms with van der Waals surface area (Å²) in [4.78, 5) is 42.0. The van der Waals surface area contributed by atoms with Gasteiger partial charge in [-0.25, -0.2) is 13.6 Å². The van der Waals surface area contributed by atoms with Crippen LogP contribution in [0.5, 0.6) is 0 Å². The molecule has 0 fully saturated rings. The molecular weight excluding hydrogens is 446 g/mol. The van der Waals surface area contributed by atoms with Crippen LogP contribution in [-0.2, 0) is 6.54 Å². The number of benzene rings is 3. The van der Waals surface area contributed by atoms with Crippen LogP contribution in [0.4, 0.5) is 26.0 Å². The van der Waals surface area contributed by atoms with Gasteiger partial charge in [-0.2, -0.15) is 0 Å². The number of halogens is 2. The zero-order valence-electron chi connectivity index (χ0n) is 17.5. The predicted molar refractivity (Wildman–Crippen MR) is 121 cm³/mol. The highest BCUT2D eigenvalue weighted by Crippen LogP contribution is 2.33. The molecule has 3 aromatic carbocycles. The topological polar surface area (TPSA) is 107 Å². The van der Waals surface area contributed by atoms with Crippen LogP contribution >= 0.6 is 0 Å². The number of anilines is 3. The molecule has 4 rings (SSSR count). The first-order chi connectivity index (χ1) is 16.3. The minimum atomic E-state index is -1.27. The SMILES string of the molecule is O=C(NCc1cc(F)cc(F)c1)c1c(N(c2ccccc2)c2ccccc2)[nH]c(=O)n(O)c1=O. The van der Waals surface area contributed by atoms with Crippen molar-refractivity contribution in [1.29, 1.82) is 0 Å². The molecule has 0 radical (unpaired) electrons. The van der Waals surface area contributed by atoms with E-state index in [1.165, 1.54) is 4.90 Å². The molecule has 10 heteroatoms. The van der Waals surface area contributed by atoms with Crippen LogP contribution < -0.4 is 21.5 Å². The van der Waals surface area contributed by atoms with Gasteiger partial charge >= 0.3 is 11.2 Å². The van der Waals surface area contributed by atoms with Crippen LogP contribution in [0.2, 0.25) is 0 Å². The van der Waals surface area contributed by atoms with Gasteiger partial charge in [0.05, 0.1) is 0 Å². The van der Waals surface area contributed by atoms with Gasteiger partial charge in [-0.1, -0.05) is 41.1 Å². The summed E-state index contributed by atoms with van der Waals surface area (Å²) >= 11 is 0. The van der Waals surface area contributed by atoms with Gasteiger partial charge in [0.2, 0.25) is 0 Å². The van der Waals surface area contributed by atoms with E-state index in [1.54, 1.807) is 60.7 Å². The van der Waals surface area contributed by atoms with Gasteiger partial charge in [0.1, 0.15) is 23.0 Å². The Bertz CT molecular complexity index is 1390. The number of amides is 1. The van der Waals surface area contributed by atoms with Crippen molar-refractivity contribution in [3.8, 4) is 0 Å². The third kappa shape index (κ3) is 4.56. The number of hydrogen-bond acceptors (Lipinski definition) is 5. The predicted octanol–water partition coefficient (Wildman–Crippen LogP) is 3.45. The van der Waals surface area contributed by atoms with Crippen molar-refractivity contribution in [2.24, 2.45) is 0 Å².